The molecule has 5 nitrogen and oxygen atoms in total. The molecule has 1 amide bonds. The number of aromatic nitrogens is 3. The molecule has 2 N–H and O–H groups in total. The summed E-state index contributed by atoms with van der Waals surface area (Å²) in [6.07, 6.45) is 1.36. The van der Waals surface area contributed by atoms with Gasteiger partial charge in [-0.15, -0.1) is 0 Å². The van der Waals surface area contributed by atoms with Gasteiger partial charge in [-0.1, -0.05) is 44.0 Å². The summed E-state index contributed by atoms with van der Waals surface area (Å²) in [6, 6.07) is 3.26. The van der Waals surface area contributed by atoms with Gasteiger partial charge in [-0.05, 0) is 6.07 Å². The van der Waals surface area contributed by atoms with E-state index >= 15 is 0 Å². The van der Waals surface area contributed by atoms with E-state index in [2.05, 4.69) is 41.3 Å². The molecule has 2 heterocycles. The number of hydrogen-bond donors (Lipinski definition) is 2. The molecule has 7 heteroatoms. The first kappa shape index (κ1) is 14.8. The number of hydrogen-bond acceptors (Lipinski definition) is 3. The van der Waals surface area contributed by atoms with E-state index in [0.717, 1.165) is 5.69 Å². The van der Waals surface area contributed by atoms with E-state index in [-0.39, 0.29) is 21.5 Å². The first-order valence-corrected chi connectivity index (χ1v) is 6.71. The minimum Gasteiger partial charge on any atom is -0.305 e. The summed E-state index contributed by atoms with van der Waals surface area (Å²) in [5, 5.41) is 10.0. The van der Waals surface area contributed by atoms with Crippen molar-refractivity contribution < 1.29 is 4.79 Å². The van der Waals surface area contributed by atoms with E-state index in [1.54, 1.807) is 6.07 Å². The highest BCUT2D eigenvalue weighted by Crippen LogP contribution is 2.23. The van der Waals surface area contributed by atoms with Gasteiger partial charge in [0, 0.05) is 23.4 Å². The number of anilines is 1. The fraction of sp³-hybridized carbons (Fsp3) is 0.308. The molecule has 106 valence electrons. The Morgan fingerprint density at radius 1 is 1.30 bits per heavy atom. The van der Waals surface area contributed by atoms with Crippen molar-refractivity contribution in [2.24, 2.45) is 0 Å². The molecule has 0 aliphatic rings. The Labute approximate surface area is 126 Å². The van der Waals surface area contributed by atoms with Crippen molar-refractivity contribution in [1.29, 1.82) is 0 Å². The van der Waals surface area contributed by atoms with Crippen LogP contribution in [0.25, 0.3) is 0 Å². The van der Waals surface area contributed by atoms with Crippen LogP contribution in [0.3, 0.4) is 0 Å². The standard InChI is InChI=1S/C13H14Cl2N4O/c1-13(2,3)9-5-10(19-18-9)17-12(20)7-4-8(14)11(15)16-6-7/h4-6H,1-3H3,(H2,17,18,19,20). The van der Waals surface area contributed by atoms with E-state index in [4.69, 9.17) is 23.2 Å². The van der Waals surface area contributed by atoms with Crippen LogP contribution in [0.4, 0.5) is 5.82 Å². The number of nitrogens with zero attached hydrogens (tertiary/aromatic N) is 2. The second kappa shape index (κ2) is 5.42. The quantitative estimate of drug-likeness (QED) is 0.831. The predicted octanol–water partition coefficient (Wildman–Crippen LogP) is 3.66. The van der Waals surface area contributed by atoms with Crippen molar-refractivity contribution in [2.75, 3.05) is 5.32 Å². The minimum absolute atomic E-state index is 0.0683. The second-order valence-electron chi connectivity index (χ2n) is 5.37. The summed E-state index contributed by atoms with van der Waals surface area (Å²) in [7, 11) is 0. The van der Waals surface area contributed by atoms with Gasteiger partial charge in [0.1, 0.15) is 5.15 Å². The molecule has 0 unspecified atom stereocenters. The average molecular weight is 313 g/mol. The normalized spacial score (nSPS) is 11.4. The smallest absolute Gasteiger partial charge is 0.258 e. The summed E-state index contributed by atoms with van der Waals surface area (Å²) >= 11 is 11.5. The molecule has 0 aliphatic carbocycles. The highest BCUT2D eigenvalue weighted by atomic mass is 35.5. The van der Waals surface area contributed by atoms with E-state index in [1.807, 2.05) is 0 Å². The third-order valence-electron chi connectivity index (χ3n) is 2.69. The van der Waals surface area contributed by atoms with Crippen LogP contribution in [0.2, 0.25) is 10.2 Å². The summed E-state index contributed by atoms with van der Waals surface area (Å²) in [6.45, 7) is 6.15. The number of amides is 1. The summed E-state index contributed by atoms with van der Waals surface area (Å²) in [5.74, 6) is 0.106. The van der Waals surface area contributed by atoms with E-state index < -0.39 is 0 Å². The topological polar surface area (TPSA) is 70.7 Å². The van der Waals surface area contributed by atoms with Crippen LogP contribution in [0, 0.1) is 0 Å². The van der Waals surface area contributed by atoms with Gasteiger partial charge in [-0.3, -0.25) is 9.89 Å². The lowest BCUT2D eigenvalue weighted by Gasteiger charge is -2.14. The number of nitrogens with one attached hydrogen (secondary N) is 2. The van der Waals surface area contributed by atoms with E-state index in [0.29, 0.717) is 11.4 Å². The summed E-state index contributed by atoms with van der Waals surface area (Å²) < 4.78 is 0. The van der Waals surface area contributed by atoms with Crippen LogP contribution in [0.1, 0.15) is 36.8 Å². The van der Waals surface area contributed by atoms with Crippen LogP contribution in [-0.2, 0) is 5.41 Å². The first-order valence-electron chi connectivity index (χ1n) is 5.95. The SMILES string of the molecule is CC(C)(C)c1cc(NC(=O)c2cnc(Cl)c(Cl)c2)n[nH]1. The molecule has 0 saturated carbocycles. The number of H-pyrrole nitrogens is 1. The molecule has 0 bridgehead atoms. The Morgan fingerprint density at radius 3 is 2.55 bits per heavy atom. The Morgan fingerprint density at radius 2 is 2.00 bits per heavy atom. The molecule has 2 rings (SSSR count). The number of halogens is 2. The molecular formula is C13H14Cl2N4O. The lowest BCUT2D eigenvalue weighted by atomic mass is 9.92. The third kappa shape index (κ3) is 3.29. The number of aromatic amines is 1. The van der Waals surface area contributed by atoms with Gasteiger partial charge in [0.25, 0.3) is 5.91 Å². The van der Waals surface area contributed by atoms with Crippen molar-refractivity contribution in [3.05, 3.63) is 39.8 Å². The van der Waals surface area contributed by atoms with Crippen LogP contribution in [0.15, 0.2) is 18.3 Å². The maximum absolute atomic E-state index is 12.0. The van der Waals surface area contributed by atoms with E-state index in [1.165, 1.54) is 12.3 Å². The zero-order chi connectivity index (χ0) is 14.9. The maximum Gasteiger partial charge on any atom is 0.258 e. The van der Waals surface area contributed by atoms with Gasteiger partial charge in [0.15, 0.2) is 5.82 Å². The Kier molecular flexibility index (Phi) is 4.01. The zero-order valence-corrected chi connectivity index (χ0v) is 12.8. The monoisotopic (exact) mass is 312 g/mol. The van der Waals surface area contributed by atoms with E-state index in [9.17, 15) is 4.79 Å². The average Bonchev–Trinajstić information content (AvgIpc) is 2.81. The fourth-order valence-electron chi connectivity index (χ4n) is 1.50. The molecule has 0 radical (unpaired) electrons. The van der Waals surface area contributed by atoms with Crippen molar-refractivity contribution >= 4 is 34.9 Å². The molecule has 20 heavy (non-hydrogen) atoms. The summed E-state index contributed by atoms with van der Waals surface area (Å²) in [4.78, 5) is 15.9. The first-order chi connectivity index (χ1) is 9.27. The Balaban J connectivity index is 2.15. The van der Waals surface area contributed by atoms with Crippen LogP contribution in [0.5, 0.6) is 0 Å². The van der Waals surface area contributed by atoms with Gasteiger partial charge in [0.2, 0.25) is 0 Å². The lowest BCUT2D eigenvalue weighted by Crippen LogP contribution is -2.13. The number of carbonyl (C=O) groups is 1. The highest BCUT2D eigenvalue weighted by Gasteiger charge is 2.18. The van der Waals surface area contributed by atoms with Crippen molar-refractivity contribution in [3.63, 3.8) is 0 Å². The van der Waals surface area contributed by atoms with Crippen molar-refractivity contribution in [1.82, 2.24) is 15.2 Å². The van der Waals surface area contributed by atoms with Crippen LogP contribution in [-0.4, -0.2) is 21.1 Å². The van der Waals surface area contributed by atoms with Crippen molar-refractivity contribution in [3.8, 4) is 0 Å². The molecule has 0 fully saturated rings. The Bertz CT molecular complexity index is 646. The fourth-order valence-corrected chi connectivity index (χ4v) is 1.77. The second-order valence-corrected chi connectivity index (χ2v) is 6.13. The van der Waals surface area contributed by atoms with Gasteiger partial charge >= 0.3 is 0 Å². The molecule has 0 spiro atoms. The largest absolute Gasteiger partial charge is 0.305 e. The van der Waals surface area contributed by atoms with Gasteiger partial charge < -0.3 is 5.32 Å². The molecule has 2 aromatic heterocycles. The molecule has 2 aromatic rings. The molecule has 0 atom stereocenters. The third-order valence-corrected chi connectivity index (χ3v) is 3.37. The number of carbonyl (C=O) groups excluding carboxylic acids is 1. The van der Waals surface area contributed by atoms with Crippen LogP contribution >= 0.6 is 23.2 Å². The van der Waals surface area contributed by atoms with Crippen molar-refractivity contribution in [2.45, 2.75) is 26.2 Å². The number of rotatable bonds is 2. The number of pyridine rings is 1. The minimum atomic E-state index is -0.344. The molecule has 0 saturated heterocycles. The van der Waals surface area contributed by atoms with Gasteiger partial charge in [-0.2, -0.15) is 5.10 Å². The van der Waals surface area contributed by atoms with Gasteiger partial charge in [-0.25, -0.2) is 4.98 Å². The van der Waals surface area contributed by atoms with Crippen LogP contribution < -0.4 is 5.32 Å². The zero-order valence-electron chi connectivity index (χ0n) is 11.3. The molecule has 0 aliphatic heterocycles. The molecular weight excluding hydrogens is 299 g/mol. The molecule has 0 aromatic carbocycles. The highest BCUT2D eigenvalue weighted by molar-refractivity contribution is 6.41. The van der Waals surface area contributed by atoms with Gasteiger partial charge in [0.05, 0.1) is 10.6 Å². The predicted molar refractivity (Wildman–Crippen MR) is 79.5 cm³/mol. The lowest BCUT2D eigenvalue weighted by molar-refractivity contribution is 0.102. The maximum atomic E-state index is 12.0. The summed E-state index contributed by atoms with van der Waals surface area (Å²) in [5.41, 5.74) is 1.18. The Hall–Kier alpha value is -1.59.